The van der Waals surface area contributed by atoms with Crippen molar-refractivity contribution in [1.82, 2.24) is 10.3 Å². The van der Waals surface area contributed by atoms with Gasteiger partial charge >= 0.3 is 5.97 Å². The maximum Gasteiger partial charge on any atom is 0.329 e. The number of para-hydroxylation sites is 1. The summed E-state index contributed by atoms with van der Waals surface area (Å²) in [4.78, 5) is 50.0. The first-order chi connectivity index (χ1) is 15.3. The number of nitro groups is 1. The van der Waals surface area contributed by atoms with E-state index in [1.54, 1.807) is 6.20 Å². The van der Waals surface area contributed by atoms with E-state index in [1.807, 2.05) is 24.3 Å². The molecule has 166 valence electrons. The molecule has 0 aliphatic rings. The smallest absolute Gasteiger partial charge is 0.329 e. The van der Waals surface area contributed by atoms with Gasteiger partial charge in [-0.3, -0.25) is 19.7 Å². The maximum absolute atomic E-state index is 12.6. The van der Waals surface area contributed by atoms with Crippen LogP contribution in [0, 0.1) is 17.0 Å². The number of anilines is 1. The first-order valence-electron chi connectivity index (χ1n) is 9.79. The second-order valence-corrected chi connectivity index (χ2v) is 7.18. The van der Waals surface area contributed by atoms with Crippen LogP contribution in [-0.2, 0) is 25.5 Å². The molecule has 0 aliphatic heterocycles. The van der Waals surface area contributed by atoms with Crippen LogP contribution in [0.15, 0.2) is 48.7 Å². The molecule has 3 rings (SSSR count). The second kappa shape index (κ2) is 9.73. The Labute approximate surface area is 183 Å². The number of hydrogen-bond acceptors (Lipinski definition) is 6. The van der Waals surface area contributed by atoms with Crippen LogP contribution in [0.1, 0.15) is 18.1 Å². The zero-order valence-electron chi connectivity index (χ0n) is 17.5. The van der Waals surface area contributed by atoms with Gasteiger partial charge in [0.1, 0.15) is 6.04 Å². The number of fused-ring (bicyclic) bond motifs is 1. The molecule has 0 saturated carbocycles. The highest BCUT2D eigenvalue weighted by Crippen LogP contribution is 2.25. The minimum absolute atomic E-state index is 0.135. The Morgan fingerprint density at radius 2 is 1.91 bits per heavy atom. The molecule has 0 fully saturated rings. The Bertz CT molecular complexity index is 1190. The molecule has 0 bridgehead atoms. The number of carbonyl (C=O) groups excluding carboxylic acids is 3. The number of hydrogen-bond donors (Lipinski definition) is 3. The molecule has 0 radical (unpaired) electrons. The minimum atomic E-state index is -0.987. The van der Waals surface area contributed by atoms with Crippen LogP contribution in [0.5, 0.6) is 0 Å². The van der Waals surface area contributed by atoms with Crippen LogP contribution >= 0.6 is 0 Å². The average molecular weight is 438 g/mol. The number of nitro benzene ring substituents is 1. The summed E-state index contributed by atoms with van der Waals surface area (Å²) >= 11 is 0. The molecule has 0 aliphatic carbocycles. The number of amides is 2. The van der Waals surface area contributed by atoms with Gasteiger partial charge in [-0.05, 0) is 24.6 Å². The number of aromatic nitrogens is 1. The molecule has 2 aromatic carbocycles. The number of H-pyrrole nitrogens is 1. The van der Waals surface area contributed by atoms with Gasteiger partial charge in [0.25, 0.3) is 11.6 Å². The Morgan fingerprint density at radius 1 is 1.16 bits per heavy atom. The Morgan fingerprint density at radius 3 is 2.62 bits per heavy atom. The van der Waals surface area contributed by atoms with Gasteiger partial charge in [-0.25, -0.2) is 4.79 Å². The maximum atomic E-state index is 12.6. The quantitative estimate of drug-likeness (QED) is 0.280. The number of aromatic amines is 1. The lowest BCUT2D eigenvalue weighted by molar-refractivity contribution is -0.385. The fourth-order valence-electron chi connectivity index (χ4n) is 3.34. The molecular formula is C22H22N4O6. The zero-order valence-corrected chi connectivity index (χ0v) is 17.5. The first-order valence-corrected chi connectivity index (χ1v) is 9.79. The number of benzene rings is 2. The second-order valence-electron chi connectivity index (χ2n) is 7.18. The molecule has 10 nitrogen and oxygen atoms in total. The lowest BCUT2D eigenvalue weighted by Crippen LogP contribution is -2.43. The van der Waals surface area contributed by atoms with E-state index in [0.29, 0.717) is 0 Å². The molecule has 1 heterocycles. The van der Waals surface area contributed by atoms with E-state index >= 15 is 0 Å². The van der Waals surface area contributed by atoms with Gasteiger partial charge in [0.2, 0.25) is 5.91 Å². The normalized spacial score (nSPS) is 11.6. The fraction of sp³-hybridized carbons (Fsp3) is 0.227. The number of carbonyl (C=O) groups is 3. The van der Waals surface area contributed by atoms with Gasteiger partial charge in [0.05, 0.1) is 16.2 Å². The van der Waals surface area contributed by atoms with E-state index in [1.165, 1.54) is 32.0 Å². The van der Waals surface area contributed by atoms with Crippen molar-refractivity contribution in [1.29, 1.82) is 0 Å². The third-order valence-electron chi connectivity index (χ3n) is 4.88. The van der Waals surface area contributed by atoms with Crippen molar-refractivity contribution in [2.24, 2.45) is 0 Å². The summed E-state index contributed by atoms with van der Waals surface area (Å²) in [6, 6.07) is 10.8. The van der Waals surface area contributed by atoms with Crippen molar-refractivity contribution in [3.05, 3.63) is 69.9 Å². The van der Waals surface area contributed by atoms with E-state index in [-0.39, 0.29) is 23.4 Å². The summed E-state index contributed by atoms with van der Waals surface area (Å²) in [5.74, 6) is -1.84. The fourth-order valence-corrected chi connectivity index (χ4v) is 3.34. The highest BCUT2D eigenvalue weighted by molar-refractivity contribution is 5.94. The van der Waals surface area contributed by atoms with Crippen LogP contribution in [0.25, 0.3) is 10.9 Å². The molecule has 3 aromatic rings. The molecule has 1 aromatic heterocycles. The zero-order chi connectivity index (χ0) is 23.3. The summed E-state index contributed by atoms with van der Waals surface area (Å²) in [6.07, 6.45) is 1.93. The number of nitrogens with zero attached hydrogens (tertiary/aromatic N) is 1. The van der Waals surface area contributed by atoms with Crippen molar-refractivity contribution in [2.75, 3.05) is 11.9 Å². The topological polar surface area (TPSA) is 143 Å². The molecule has 2 amide bonds. The number of nitrogens with one attached hydrogen (secondary N) is 3. The van der Waals surface area contributed by atoms with Crippen LogP contribution < -0.4 is 10.6 Å². The van der Waals surface area contributed by atoms with Gasteiger partial charge in [0, 0.05) is 36.5 Å². The Hall–Kier alpha value is -4.21. The van der Waals surface area contributed by atoms with Gasteiger partial charge < -0.3 is 20.4 Å². The van der Waals surface area contributed by atoms with Crippen LogP contribution in [0.4, 0.5) is 11.4 Å². The van der Waals surface area contributed by atoms with Crippen molar-refractivity contribution in [2.45, 2.75) is 26.3 Å². The third kappa shape index (κ3) is 5.28. The Kier molecular flexibility index (Phi) is 6.83. The van der Waals surface area contributed by atoms with Crippen molar-refractivity contribution in [3.8, 4) is 0 Å². The van der Waals surface area contributed by atoms with Crippen LogP contribution in [0.3, 0.4) is 0 Å². The Balaban J connectivity index is 1.65. The number of ether oxygens (including phenoxy) is 1. The van der Waals surface area contributed by atoms with Crippen LogP contribution in [0.2, 0.25) is 0 Å². The number of rotatable bonds is 8. The molecule has 32 heavy (non-hydrogen) atoms. The van der Waals surface area contributed by atoms with E-state index < -0.39 is 35.4 Å². The van der Waals surface area contributed by atoms with Gasteiger partial charge in [-0.15, -0.1) is 0 Å². The summed E-state index contributed by atoms with van der Waals surface area (Å²) < 4.78 is 5.11. The van der Waals surface area contributed by atoms with E-state index in [2.05, 4.69) is 15.6 Å². The van der Waals surface area contributed by atoms with Gasteiger partial charge in [-0.1, -0.05) is 24.3 Å². The predicted molar refractivity (Wildman–Crippen MR) is 117 cm³/mol. The number of esters is 1. The summed E-state index contributed by atoms with van der Waals surface area (Å²) in [6.45, 7) is 2.19. The van der Waals surface area contributed by atoms with Crippen LogP contribution in [-0.4, -0.2) is 40.3 Å². The lowest BCUT2D eigenvalue weighted by atomic mass is 10.0. The molecule has 1 atom stereocenters. The SMILES string of the molecule is CC(=O)N[C@@H](Cc1c[nH]c2ccccc12)C(=O)OCC(=O)Nc1cccc([N+](=O)[O-])c1C. The summed E-state index contributed by atoms with van der Waals surface area (Å²) in [5, 5.41) is 17.0. The molecule has 0 unspecified atom stereocenters. The van der Waals surface area contributed by atoms with Gasteiger partial charge in [-0.2, -0.15) is 0 Å². The van der Waals surface area contributed by atoms with Crippen molar-refractivity contribution < 1.29 is 24.0 Å². The largest absolute Gasteiger partial charge is 0.454 e. The molecule has 0 saturated heterocycles. The molecule has 3 N–H and O–H groups in total. The lowest BCUT2D eigenvalue weighted by Gasteiger charge is -2.16. The standard InChI is InChI=1S/C22H22N4O6/c1-13-17(8-5-9-20(13)26(30)31)25-21(28)12-32-22(29)19(24-14(2)27)10-15-11-23-18-7-4-3-6-16(15)18/h3-9,11,19,23H,10,12H2,1-2H3,(H,24,27)(H,25,28)/t19-/m0/s1. The highest BCUT2D eigenvalue weighted by atomic mass is 16.6. The monoisotopic (exact) mass is 438 g/mol. The van der Waals surface area contributed by atoms with E-state index in [9.17, 15) is 24.5 Å². The predicted octanol–water partition coefficient (Wildman–Crippen LogP) is 2.61. The van der Waals surface area contributed by atoms with Gasteiger partial charge in [0.15, 0.2) is 6.61 Å². The average Bonchev–Trinajstić information content (AvgIpc) is 3.15. The van der Waals surface area contributed by atoms with E-state index in [4.69, 9.17) is 4.74 Å². The highest BCUT2D eigenvalue weighted by Gasteiger charge is 2.24. The molecule has 0 spiro atoms. The van der Waals surface area contributed by atoms with Crippen molar-refractivity contribution >= 4 is 40.1 Å². The third-order valence-corrected chi connectivity index (χ3v) is 4.88. The first kappa shape index (κ1) is 22.5. The minimum Gasteiger partial charge on any atom is -0.454 e. The summed E-state index contributed by atoms with van der Waals surface area (Å²) in [7, 11) is 0. The molecular weight excluding hydrogens is 416 g/mol. The van der Waals surface area contributed by atoms with E-state index in [0.717, 1.165) is 16.5 Å². The summed E-state index contributed by atoms with van der Waals surface area (Å²) in [5.41, 5.74) is 2.10. The molecule has 10 heteroatoms. The van der Waals surface area contributed by atoms with Crippen molar-refractivity contribution in [3.63, 3.8) is 0 Å².